The lowest BCUT2D eigenvalue weighted by molar-refractivity contribution is -0.140. The third-order valence-corrected chi connectivity index (χ3v) is 4.17. The van der Waals surface area contributed by atoms with E-state index in [1.54, 1.807) is 6.20 Å². The van der Waals surface area contributed by atoms with E-state index in [0.717, 1.165) is 28.1 Å². The van der Waals surface area contributed by atoms with Gasteiger partial charge in [-0.1, -0.05) is 32.0 Å². The lowest BCUT2D eigenvalue weighted by atomic mass is 10.0. The normalized spacial score (nSPS) is 12.2. The van der Waals surface area contributed by atoms with Gasteiger partial charge in [-0.15, -0.1) is 0 Å². The van der Waals surface area contributed by atoms with Crippen molar-refractivity contribution in [3.63, 3.8) is 0 Å². The molecule has 0 bridgehead atoms. The summed E-state index contributed by atoms with van der Waals surface area (Å²) in [6.45, 7) is 9.01. The lowest BCUT2D eigenvalue weighted by Gasteiger charge is -2.18. The Balaban J connectivity index is 2.02. The number of aliphatic carboxylic acids is 1. The number of carbonyl (C=O) groups is 1. The molecule has 26 heavy (non-hydrogen) atoms. The standard InChI is InChI=1S/C21H28N2O3/c1-14(2)9-19(21(24)25)23-12-17-10-15(3)20(16(4)11-17)26-13-18-7-5-6-8-22-18/h5-8,10-11,14,19,23H,9,12-13H2,1-4H3,(H,24,25)/t19-/m1/s1. The minimum absolute atomic E-state index is 0.328. The molecule has 1 heterocycles. The van der Waals surface area contributed by atoms with Gasteiger partial charge in [-0.2, -0.15) is 0 Å². The molecule has 0 fully saturated rings. The Labute approximate surface area is 155 Å². The molecule has 2 rings (SSSR count). The second kappa shape index (κ2) is 9.34. The first kappa shape index (κ1) is 19.9. The van der Waals surface area contributed by atoms with Crippen LogP contribution < -0.4 is 10.1 Å². The van der Waals surface area contributed by atoms with Gasteiger partial charge in [-0.3, -0.25) is 9.78 Å². The fourth-order valence-corrected chi connectivity index (χ4v) is 2.98. The van der Waals surface area contributed by atoms with E-state index >= 15 is 0 Å². The Morgan fingerprint density at radius 1 is 1.23 bits per heavy atom. The summed E-state index contributed by atoms with van der Waals surface area (Å²) in [5.41, 5.74) is 4.01. The number of rotatable bonds is 9. The highest BCUT2D eigenvalue weighted by Gasteiger charge is 2.18. The fourth-order valence-electron chi connectivity index (χ4n) is 2.98. The quantitative estimate of drug-likeness (QED) is 0.714. The van der Waals surface area contributed by atoms with Crippen molar-refractivity contribution < 1.29 is 14.6 Å². The number of hydrogen-bond donors (Lipinski definition) is 2. The zero-order valence-electron chi connectivity index (χ0n) is 16.0. The van der Waals surface area contributed by atoms with E-state index in [9.17, 15) is 9.90 Å². The van der Waals surface area contributed by atoms with Crippen LogP contribution in [0, 0.1) is 19.8 Å². The van der Waals surface area contributed by atoms with E-state index in [0.29, 0.717) is 25.5 Å². The number of ether oxygens (including phenoxy) is 1. The molecule has 0 aliphatic carbocycles. The first-order valence-electron chi connectivity index (χ1n) is 8.95. The van der Waals surface area contributed by atoms with Gasteiger partial charge in [0, 0.05) is 12.7 Å². The SMILES string of the molecule is Cc1cc(CN[C@H](CC(C)C)C(=O)O)cc(C)c1OCc1ccccn1. The summed E-state index contributed by atoms with van der Waals surface area (Å²) in [7, 11) is 0. The van der Waals surface area contributed by atoms with Gasteiger partial charge in [0.15, 0.2) is 0 Å². The van der Waals surface area contributed by atoms with Crippen LogP contribution in [-0.2, 0) is 17.9 Å². The van der Waals surface area contributed by atoms with E-state index < -0.39 is 12.0 Å². The first-order chi connectivity index (χ1) is 12.4. The number of nitrogens with one attached hydrogen (secondary N) is 1. The Kier molecular flexibility index (Phi) is 7.16. The first-order valence-corrected chi connectivity index (χ1v) is 8.95. The molecule has 2 N–H and O–H groups in total. The molecule has 5 nitrogen and oxygen atoms in total. The van der Waals surface area contributed by atoms with Crippen LogP contribution in [-0.4, -0.2) is 22.1 Å². The molecule has 0 spiro atoms. The van der Waals surface area contributed by atoms with Gasteiger partial charge in [0.25, 0.3) is 0 Å². The topological polar surface area (TPSA) is 71.5 Å². The van der Waals surface area contributed by atoms with Crippen LogP contribution in [0.3, 0.4) is 0 Å². The molecular formula is C21H28N2O3. The molecule has 0 saturated heterocycles. The molecule has 0 saturated carbocycles. The molecule has 0 amide bonds. The minimum atomic E-state index is -0.803. The molecule has 5 heteroatoms. The van der Waals surface area contributed by atoms with Crippen molar-refractivity contribution >= 4 is 5.97 Å². The highest BCUT2D eigenvalue weighted by atomic mass is 16.5. The molecule has 0 radical (unpaired) electrons. The zero-order valence-corrected chi connectivity index (χ0v) is 16.0. The third kappa shape index (κ3) is 5.85. The summed E-state index contributed by atoms with van der Waals surface area (Å²) in [5.74, 6) is 0.383. The highest BCUT2D eigenvalue weighted by Crippen LogP contribution is 2.25. The summed E-state index contributed by atoms with van der Waals surface area (Å²) < 4.78 is 5.95. The van der Waals surface area contributed by atoms with Crippen LogP contribution in [0.25, 0.3) is 0 Å². The summed E-state index contributed by atoms with van der Waals surface area (Å²) >= 11 is 0. The molecule has 0 aliphatic heterocycles. The average Bonchev–Trinajstić information content (AvgIpc) is 2.58. The number of carboxylic acid groups (broad SMARTS) is 1. The third-order valence-electron chi connectivity index (χ3n) is 4.17. The average molecular weight is 356 g/mol. The highest BCUT2D eigenvalue weighted by molar-refractivity contribution is 5.73. The Morgan fingerprint density at radius 2 is 1.92 bits per heavy atom. The summed E-state index contributed by atoms with van der Waals surface area (Å²) in [5, 5.41) is 12.5. The Bertz CT molecular complexity index is 706. The van der Waals surface area contributed by atoms with Crippen LogP contribution in [0.2, 0.25) is 0 Å². The van der Waals surface area contributed by atoms with Crippen molar-refractivity contribution in [1.29, 1.82) is 0 Å². The monoisotopic (exact) mass is 356 g/mol. The molecule has 2 aromatic rings. The van der Waals surface area contributed by atoms with E-state index in [2.05, 4.69) is 10.3 Å². The number of hydrogen-bond acceptors (Lipinski definition) is 4. The molecule has 1 atom stereocenters. The summed E-state index contributed by atoms with van der Waals surface area (Å²) in [4.78, 5) is 15.6. The van der Waals surface area contributed by atoms with Crippen LogP contribution in [0.5, 0.6) is 5.75 Å². The number of carboxylic acids is 1. The predicted octanol–water partition coefficient (Wildman–Crippen LogP) is 3.87. The minimum Gasteiger partial charge on any atom is -0.487 e. The van der Waals surface area contributed by atoms with Crippen LogP contribution in [0.15, 0.2) is 36.5 Å². The van der Waals surface area contributed by atoms with Crippen LogP contribution in [0.1, 0.15) is 42.7 Å². The van der Waals surface area contributed by atoms with Crippen molar-refractivity contribution in [1.82, 2.24) is 10.3 Å². The van der Waals surface area contributed by atoms with E-state index in [-0.39, 0.29) is 0 Å². The Hall–Kier alpha value is -2.40. The lowest BCUT2D eigenvalue weighted by Crippen LogP contribution is -2.37. The molecule has 0 unspecified atom stereocenters. The van der Waals surface area contributed by atoms with Crippen LogP contribution in [0.4, 0.5) is 0 Å². The Morgan fingerprint density at radius 3 is 2.46 bits per heavy atom. The maximum absolute atomic E-state index is 11.4. The van der Waals surface area contributed by atoms with E-state index in [4.69, 9.17) is 4.74 Å². The van der Waals surface area contributed by atoms with E-state index in [1.165, 1.54) is 0 Å². The van der Waals surface area contributed by atoms with Crippen molar-refractivity contribution in [3.05, 3.63) is 58.9 Å². The molecule has 1 aromatic carbocycles. The number of pyridine rings is 1. The van der Waals surface area contributed by atoms with Crippen molar-refractivity contribution in [3.8, 4) is 5.75 Å². The van der Waals surface area contributed by atoms with Gasteiger partial charge >= 0.3 is 5.97 Å². The molecule has 0 aliphatic rings. The number of aryl methyl sites for hydroxylation is 2. The number of nitrogens with zero attached hydrogens (tertiary/aromatic N) is 1. The molecule has 140 valence electrons. The number of aromatic nitrogens is 1. The van der Waals surface area contributed by atoms with Crippen molar-refractivity contribution in [2.75, 3.05) is 0 Å². The molecular weight excluding hydrogens is 328 g/mol. The summed E-state index contributed by atoms with van der Waals surface area (Å²) in [6, 6.07) is 9.31. The van der Waals surface area contributed by atoms with Gasteiger partial charge in [0.05, 0.1) is 5.69 Å². The van der Waals surface area contributed by atoms with Gasteiger partial charge in [0.1, 0.15) is 18.4 Å². The van der Waals surface area contributed by atoms with Crippen molar-refractivity contribution in [2.24, 2.45) is 5.92 Å². The second-order valence-corrected chi connectivity index (χ2v) is 7.07. The van der Waals surface area contributed by atoms with E-state index in [1.807, 2.05) is 58.0 Å². The second-order valence-electron chi connectivity index (χ2n) is 7.07. The largest absolute Gasteiger partial charge is 0.487 e. The zero-order chi connectivity index (χ0) is 19.1. The molecule has 1 aromatic heterocycles. The number of benzene rings is 1. The predicted molar refractivity (Wildman–Crippen MR) is 102 cm³/mol. The van der Waals surface area contributed by atoms with Crippen molar-refractivity contribution in [2.45, 2.75) is 53.3 Å². The summed E-state index contributed by atoms with van der Waals surface area (Å²) in [6.07, 6.45) is 2.36. The smallest absolute Gasteiger partial charge is 0.320 e. The fraction of sp³-hybridized carbons (Fsp3) is 0.429. The van der Waals surface area contributed by atoms with Gasteiger partial charge in [0.2, 0.25) is 0 Å². The van der Waals surface area contributed by atoms with Gasteiger partial charge in [-0.05, 0) is 55.0 Å². The maximum Gasteiger partial charge on any atom is 0.320 e. The van der Waals surface area contributed by atoms with Gasteiger partial charge in [-0.25, -0.2) is 0 Å². The van der Waals surface area contributed by atoms with Gasteiger partial charge < -0.3 is 15.2 Å². The maximum atomic E-state index is 11.4. The van der Waals surface area contributed by atoms with Crippen LogP contribution >= 0.6 is 0 Å².